The van der Waals surface area contributed by atoms with E-state index >= 15 is 0 Å². The highest BCUT2D eigenvalue weighted by molar-refractivity contribution is 4.51. The standard InChI is InChI=1S/C6H12.C4H10N2.3C2H6.2H2O/c2*1-2-4-6-5-3-1;3*1-2;;/h1-6H2;5-6H,1-4H2;3*1-2H3;2*1H2. The largest absolute Gasteiger partial charge is 0.412 e. The van der Waals surface area contributed by atoms with Gasteiger partial charge in [-0.1, -0.05) is 80.1 Å². The second-order valence-corrected chi connectivity index (χ2v) is 3.68. The number of hydrogen-bond donors (Lipinski definition) is 2. The molecule has 2 rings (SSSR count). The molecule has 0 aromatic carbocycles. The molecule has 2 fully saturated rings. The Bertz CT molecular complexity index is 61.5. The Hall–Kier alpha value is -0.160. The SMILES string of the molecule is C1CCCCC1.C1CCNNC1.CC.CC.CC.O.O. The summed E-state index contributed by atoms with van der Waals surface area (Å²) in [6.07, 6.45) is 11.7. The molecule has 0 unspecified atom stereocenters. The van der Waals surface area contributed by atoms with Gasteiger partial charge in [0.1, 0.15) is 0 Å². The summed E-state index contributed by atoms with van der Waals surface area (Å²) in [5.74, 6) is 0. The first-order valence-electron chi connectivity index (χ1n) is 8.46. The first-order chi connectivity index (χ1) is 9.00. The van der Waals surface area contributed by atoms with Crippen molar-refractivity contribution >= 4 is 0 Å². The molecule has 4 heteroatoms. The van der Waals surface area contributed by atoms with Gasteiger partial charge in [-0.15, -0.1) is 0 Å². The fourth-order valence-corrected chi connectivity index (χ4v) is 1.66. The monoisotopic (exact) mass is 296 g/mol. The Balaban J connectivity index is -0.0000000512. The predicted octanol–water partition coefficient (Wildman–Crippen LogP) is 3.64. The van der Waals surface area contributed by atoms with Crippen molar-refractivity contribution in [3.05, 3.63) is 0 Å². The molecule has 0 radical (unpaired) electrons. The average Bonchev–Trinajstić information content (AvgIpc) is 2.57. The lowest BCUT2D eigenvalue weighted by Crippen LogP contribution is -2.37. The van der Waals surface area contributed by atoms with E-state index in [-0.39, 0.29) is 11.0 Å². The highest BCUT2D eigenvalue weighted by Crippen LogP contribution is 2.15. The summed E-state index contributed by atoms with van der Waals surface area (Å²) in [6, 6.07) is 0. The fraction of sp³-hybridized carbons (Fsp3) is 1.00. The highest BCUT2D eigenvalue weighted by atomic mass is 16.0. The maximum absolute atomic E-state index is 3.03. The van der Waals surface area contributed by atoms with Crippen LogP contribution in [-0.4, -0.2) is 24.0 Å². The Morgan fingerprint density at radius 3 is 0.700 bits per heavy atom. The van der Waals surface area contributed by atoms with Gasteiger partial charge >= 0.3 is 0 Å². The quantitative estimate of drug-likeness (QED) is 0.714. The smallest absolute Gasteiger partial charge is 0.0100 e. The molecule has 20 heavy (non-hydrogen) atoms. The summed E-state index contributed by atoms with van der Waals surface area (Å²) < 4.78 is 0. The maximum Gasteiger partial charge on any atom is 0.0100 e. The Morgan fingerprint density at radius 1 is 0.400 bits per heavy atom. The Morgan fingerprint density at radius 2 is 0.600 bits per heavy atom. The molecule has 0 amide bonds. The van der Waals surface area contributed by atoms with Gasteiger partial charge in [0.2, 0.25) is 0 Å². The highest BCUT2D eigenvalue weighted by Gasteiger charge is 1.95. The molecule has 6 N–H and O–H groups in total. The van der Waals surface area contributed by atoms with Gasteiger partial charge in [-0.25, -0.2) is 0 Å². The van der Waals surface area contributed by atoms with Crippen LogP contribution < -0.4 is 10.9 Å². The Labute approximate surface area is 128 Å². The van der Waals surface area contributed by atoms with Crippen molar-refractivity contribution in [1.29, 1.82) is 0 Å². The molecule has 1 aliphatic carbocycles. The van der Waals surface area contributed by atoms with Crippen molar-refractivity contribution in [2.24, 2.45) is 0 Å². The van der Waals surface area contributed by atoms with Crippen LogP contribution in [0.1, 0.15) is 92.9 Å². The van der Waals surface area contributed by atoms with Gasteiger partial charge in [0, 0.05) is 13.1 Å². The molecule has 0 atom stereocenters. The molecule has 0 bridgehead atoms. The van der Waals surface area contributed by atoms with E-state index in [0.717, 1.165) is 13.1 Å². The van der Waals surface area contributed by atoms with Crippen molar-refractivity contribution in [3.8, 4) is 0 Å². The van der Waals surface area contributed by atoms with Gasteiger partial charge in [0.05, 0.1) is 0 Å². The van der Waals surface area contributed by atoms with E-state index in [1.54, 1.807) is 0 Å². The van der Waals surface area contributed by atoms with Gasteiger partial charge in [-0.05, 0) is 12.8 Å². The van der Waals surface area contributed by atoms with E-state index in [1.807, 2.05) is 41.5 Å². The molecule has 2 aliphatic rings. The van der Waals surface area contributed by atoms with Crippen molar-refractivity contribution in [2.75, 3.05) is 13.1 Å². The summed E-state index contributed by atoms with van der Waals surface area (Å²) >= 11 is 0. The Kier molecular flexibility index (Phi) is 68.4. The van der Waals surface area contributed by atoms with E-state index in [0.29, 0.717) is 0 Å². The van der Waals surface area contributed by atoms with Crippen LogP contribution >= 0.6 is 0 Å². The molecule has 1 saturated carbocycles. The summed E-state index contributed by atoms with van der Waals surface area (Å²) in [5.41, 5.74) is 6.07. The van der Waals surface area contributed by atoms with Crippen molar-refractivity contribution in [1.82, 2.24) is 10.9 Å². The third-order valence-corrected chi connectivity index (χ3v) is 2.48. The number of hydrazine groups is 1. The minimum absolute atomic E-state index is 0. The minimum atomic E-state index is 0. The molecular weight excluding hydrogens is 252 g/mol. The van der Waals surface area contributed by atoms with Crippen LogP contribution in [0, 0.1) is 0 Å². The predicted molar refractivity (Wildman–Crippen MR) is 94.2 cm³/mol. The molecule has 1 saturated heterocycles. The minimum Gasteiger partial charge on any atom is -0.412 e. The van der Waals surface area contributed by atoms with Crippen molar-refractivity contribution < 1.29 is 11.0 Å². The summed E-state index contributed by atoms with van der Waals surface area (Å²) in [5, 5.41) is 0. The van der Waals surface area contributed by atoms with Crippen molar-refractivity contribution in [3.63, 3.8) is 0 Å². The van der Waals surface area contributed by atoms with Gasteiger partial charge in [-0.2, -0.15) is 0 Å². The molecule has 0 aromatic heterocycles. The normalized spacial score (nSPS) is 15.3. The van der Waals surface area contributed by atoms with E-state index < -0.39 is 0 Å². The molecule has 1 aliphatic heterocycles. The van der Waals surface area contributed by atoms with Gasteiger partial charge < -0.3 is 11.0 Å². The van der Waals surface area contributed by atoms with Crippen LogP contribution in [0.3, 0.4) is 0 Å². The van der Waals surface area contributed by atoms with Crippen LogP contribution in [0.5, 0.6) is 0 Å². The lowest BCUT2D eigenvalue weighted by Gasteiger charge is -2.10. The first kappa shape index (κ1) is 32.0. The van der Waals surface area contributed by atoms with E-state index in [2.05, 4.69) is 10.9 Å². The molecular formula is C16H44N2O2. The number of rotatable bonds is 0. The van der Waals surface area contributed by atoms with Gasteiger partial charge in [-0.3, -0.25) is 10.9 Å². The second-order valence-electron chi connectivity index (χ2n) is 3.68. The zero-order valence-electron chi connectivity index (χ0n) is 15.1. The lowest BCUT2D eigenvalue weighted by atomic mass is 10.0. The molecule has 4 nitrogen and oxygen atoms in total. The van der Waals surface area contributed by atoms with Crippen LogP contribution in [-0.2, 0) is 0 Å². The average molecular weight is 297 g/mol. The zero-order chi connectivity index (χ0) is 14.5. The first-order valence-corrected chi connectivity index (χ1v) is 8.46. The van der Waals surface area contributed by atoms with Crippen LogP contribution in [0.15, 0.2) is 0 Å². The maximum atomic E-state index is 3.03. The van der Waals surface area contributed by atoms with Gasteiger partial charge in [0.15, 0.2) is 0 Å². The fourth-order valence-electron chi connectivity index (χ4n) is 1.66. The molecule has 0 spiro atoms. The summed E-state index contributed by atoms with van der Waals surface area (Å²) in [7, 11) is 0. The summed E-state index contributed by atoms with van der Waals surface area (Å²) in [4.78, 5) is 0. The van der Waals surface area contributed by atoms with E-state index in [4.69, 9.17) is 0 Å². The van der Waals surface area contributed by atoms with Crippen LogP contribution in [0.2, 0.25) is 0 Å². The second kappa shape index (κ2) is 42.8. The van der Waals surface area contributed by atoms with E-state index in [1.165, 1.54) is 51.4 Å². The molecule has 0 aromatic rings. The summed E-state index contributed by atoms with van der Waals surface area (Å²) in [6.45, 7) is 14.3. The molecule has 130 valence electrons. The van der Waals surface area contributed by atoms with Crippen LogP contribution in [0.4, 0.5) is 0 Å². The van der Waals surface area contributed by atoms with Gasteiger partial charge in [0.25, 0.3) is 0 Å². The molecule has 1 heterocycles. The number of hydrogen-bond acceptors (Lipinski definition) is 2. The number of nitrogens with one attached hydrogen (secondary N) is 2. The third kappa shape index (κ3) is 36.1. The zero-order valence-corrected chi connectivity index (χ0v) is 15.1. The lowest BCUT2D eigenvalue weighted by molar-refractivity contribution is 0.443. The van der Waals surface area contributed by atoms with Crippen LogP contribution in [0.25, 0.3) is 0 Å². The topological polar surface area (TPSA) is 87.1 Å². The third-order valence-electron chi connectivity index (χ3n) is 2.48. The van der Waals surface area contributed by atoms with Crippen molar-refractivity contribution in [2.45, 2.75) is 92.9 Å². The van der Waals surface area contributed by atoms with E-state index in [9.17, 15) is 0 Å².